The molecule has 0 spiro atoms. The van der Waals surface area contributed by atoms with E-state index in [0.29, 0.717) is 12.5 Å². The summed E-state index contributed by atoms with van der Waals surface area (Å²) in [5, 5.41) is 3.39. The van der Waals surface area contributed by atoms with Crippen molar-refractivity contribution < 1.29 is 13.9 Å². The zero-order valence-corrected chi connectivity index (χ0v) is 12.2. The Morgan fingerprint density at radius 2 is 2.05 bits per heavy atom. The molecular formula is C15H24FNO2. The Morgan fingerprint density at radius 1 is 1.32 bits per heavy atom. The van der Waals surface area contributed by atoms with Gasteiger partial charge in [0.2, 0.25) is 0 Å². The fourth-order valence-corrected chi connectivity index (χ4v) is 2.30. The molecule has 0 aliphatic heterocycles. The van der Waals surface area contributed by atoms with E-state index in [1.807, 2.05) is 6.92 Å². The van der Waals surface area contributed by atoms with E-state index in [-0.39, 0.29) is 11.9 Å². The van der Waals surface area contributed by atoms with Crippen molar-refractivity contribution in [3.63, 3.8) is 0 Å². The van der Waals surface area contributed by atoms with Crippen LogP contribution in [0.2, 0.25) is 0 Å². The van der Waals surface area contributed by atoms with Crippen LogP contribution in [0.1, 0.15) is 31.9 Å². The van der Waals surface area contributed by atoms with Crippen LogP contribution in [0, 0.1) is 11.7 Å². The summed E-state index contributed by atoms with van der Waals surface area (Å²) in [5.41, 5.74) is 0.868. The van der Waals surface area contributed by atoms with Gasteiger partial charge in [0.1, 0.15) is 11.6 Å². The topological polar surface area (TPSA) is 30.5 Å². The molecule has 0 saturated carbocycles. The van der Waals surface area contributed by atoms with E-state index < -0.39 is 0 Å². The Bertz CT molecular complexity index is 384. The second-order valence-corrected chi connectivity index (χ2v) is 4.79. The van der Waals surface area contributed by atoms with Crippen LogP contribution in [0.5, 0.6) is 5.75 Å². The number of methoxy groups -OCH3 is 2. The van der Waals surface area contributed by atoms with Gasteiger partial charge in [0.05, 0.1) is 7.11 Å². The van der Waals surface area contributed by atoms with Gasteiger partial charge in [0, 0.05) is 25.3 Å². The minimum atomic E-state index is -0.238. The molecule has 0 amide bonds. The molecule has 0 aromatic heterocycles. The first-order valence-corrected chi connectivity index (χ1v) is 6.68. The molecule has 108 valence electrons. The van der Waals surface area contributed by atoms with Crippen LogP contribution in [0.4, 0.5) is 4.39 Å². The lowest BCUT2D eigenvalue weighted by molar-refractivity contribution is 0.149. The van der Waals surface area contributed by atoms with Crippen molar-refractivity contribution in [1.82, 2.24) is 5.32 Å². The van der Waals surface area contributed by atoms with Crippen molar-refractivity contribution >= 4 is 0 Å². The number of nitrogens with one attached hydrogen (secondary N) is 1. The molecule has 0 heterocycles. The highest BCUT2D eigenvalue weighted by Crippen LogP contribution is 2.30. The maximum absolute atomic E-state index is 13.5. The Hall–Kier alpha value is -1.13. The SMILES string of the molecule is CCNC(CC(C)COC)c1cc(F)ccc1OC. The molecule has 2 unspecified atom stereocenters. The van der Waals surface area contributed by atoms with Gasteiger partial charge < -0.3 is 14.8 Å². The zero-order valence-electron chi connectivity index (χ0n) is 12.2. The molecule has 1 aromatic rings. The first-order chi connectivity index (χ1) is 9.12. The van der Waals surface area contributed by atoms with Gasteiger partial charge in [0.25, 0.3) is 0 Å². The zero-order chi connectivity index (χ0) is 14.3. The van der Waals surface area contributed by atoms with Crippen molar-refractivity contribution in [2.45, 2.75) is 26.3 Å². The Kier molecular flexibility index (Phi) is 6.81. The minimum Gasteiger partial charge on any atom is -0.496 e. The summed E-state index contributed by atoms with van der Waals surface area (Å²) in [6.07, 6.45) is 0.876. The largest absolute Gasteiger partial charge is 0.496 e. The summed E-state index contributed by atoms with van der Waals surface area (Å²) >= 11 is 0. The lowest BCUT2D eigenvalue weighted by Crippen LogP contribution is -2.24. The van der Waals surface area contributed by atoms with Crippen LogP contribution in [-0.4, -0.2) is 27.4 Å². The quantitative estimate of drug-likeness (QED) is 0.786. The average Bonchev–Trinajstić information content (AvgIpc) is 2.38. The smallest absolute Gasteiger partial charge is 0.123 e. The number of rotatable bonds is 8. The molecule has 2 atom stereocenters. The molecule has 0 bridgehead atoms. The standard InChI is InChI=1S/C15H24FNO2/c1-5-17-14(8-11(2)10-18-3)13-9-12(16)6-7-15(13)19-4/h6-7,9,11,14,17H,5,8,10H2,1-4H3. The average molecular weight is 269 g/mol. The number of halogens is 1. The summed E-state index contributed by atoms with van der Waals surface area (Å²) in [4.78, 5) is 0. The van der Waals surface area contributed by atoms with Gasteiger partial charge in [-0.2, -0.15) is 0 Å². The van der Waals surface area contributed by atoms with E-state index in [2.05, 4.69) is 12.2 Å². The van der Waals surface area contributed by atoms with Gasteiger partial charge in [-0.25, -0.2) is 4.39 Å². The Balaban J connectivity index is 2.93. The van der Waals surface area contributed by atoms with E-state index in [1.165, 1.54) is 6.07 Å². The van der Waals surface area contributed by atoms with E-state index in [1.54, 1.807) is 26.4 Å². The van der Waals surface area contributed by atoms with Crippen LogP contribution >= 0.6 is 0 Å². The highest BCUT2D eigenvalue weighted by Gasteiger charge is 2.19. The molecule has 0 aliphatic carbocycles. The number of hydrogen-bond donors (Lipinski definition) is 1. The van der Waals surface area contributed by atoms with E-state index in [9.17, 15) is 4.39 Å². The maximum atomic E-state index is 13.5. The molecule has 0 aliphatic rings. The molecule has 0 fully saturated rings. The number of benzene rings is 1. The van der Waals surface area contributed by atoms with Crippen molar-refractivity contribution in [3.05, 3.63) is 29.6 Å². The predicted octanol–water partition coefficient (Wildman–Crippen LogP) is 3.16. The van der Waals surface area contributed by atoms with Crippen LogP contribution in [0.15, 0.2) is 18.2 Å². The second-order valence-electron chi connectivity index (χ2n) is 4.79. The Morgan fingerprint density at radius 3 is 2.63 bits per heavy atom. The third kappa shape index (κ3) is 4.80. The van der Waals surface area contributed by atoms with E-state index in [0.717, 1.165) is 24.3 Å². The summed E-state index contributed by atoms with van der Waals surface area (Å²) < 4.78 is 24.0. The summed E-state index contributed by atoms with van der Waals surface area (Å²) in [6.45, 7) is 5.68. The summed E-state index contributed by atoms with van der Waals surface area (Å²) in [6, 6.07) is 4.71. The Labute approximate surface area is 115 Å². The van der Waals surface area contributed by atoms with Gasteiger partial charge in [0.15, 0.2) is 0 Å². The van der Waals surface area contributed by atoms with Crippen molar-refractivity contribution in [3.8, 4) is 5.75 Å². The molecule has 0 saturated heterocycles. The highest BCUT2D eigenvalue weighted by atomic mass is 19.1. The first-order valence-electron chi connectivity index (χ1n) is 6.68. The normalized spacial score (nSPS) is 14.2. The molecular weight excluding hydrogens is 245 g/mol. The number of hydrogen-bond acceptors (Lipinski definition) is 3. The van der Waals surface area contributed by atoms with Gasteiger partial charge in [-0.15, -0.1) is 0 Å². The van der Waals surface area contributed by atoms with Gasteiger partial charge in [-0.3, -0.25) is 0 Å². The second kappa shape index (κ2) is 8.12. The lowest BCUT2D eigenvalue weighted by Gasteiger charge is -2.23. The van der Waals surface area contributed by atoms with Gasteiger partial charge in [-0.1, -0.05) is 13.8 Å². The minimum absolute atomic E-state index is 0.0702. The lowest BCUT2D eigenvalue weighted by atomic mass is 9.95. The molecule has 19 heavy (non-hydrogen) atoms. The maximum Gasteiger partial charge on any atom is 0.123 e. The van der Waals surface area contributed by atoms with Crippen LogP contribution < -0.4 is 10.1 Å². The third-order valence-electron chi connectivity index (χ3n) is 3.11. The first kappa shape index (κ1) is 15.9. The van der Waals surface area contributed by atoms with Crippen LogP contribution in [0.25, 0.3) is 0 Å². The predicted molar refractivity (Wildman–Crippen MR) is 75.0 cm³/mol. The van der Waals surface area contributed by atoms with Crippen LogP contribution in [0.3, 0.4) is 0 Å². The van der Waals surface area contributed by atoms with Crippen LogP contribution in [-0.2, 0) is 4.74 Å². The summed E-state index contributed by atoms with van der Waals surface area (Å²) in [7, 11) is 3.31. The van der Waals surface area contributed by atoms with Gasteiger partial charge in [-0.05, 0) is 37.1 Å². The molecule has 4 heteroatoms. The number of ether oxygens (including phenoxy) is 2. The third-order valence-corrected chi connectivity index (χ3v) is 3.11. The van der Waals surface area contributed by atoms with Crippen molar-refractivity contribution in [1.29, 1.82) is 0 Å². The van der Waals surface area contributed by atoms with E-state index in [4.69, 9.17) is 9.47 Å². The van der Waals surface area contributed by atoms with Gasteiger partial charge >= 0.3 is 0 Å². The highest BCUT2D eigenvalue weighted by molar-refractivity contribution is 5.36. The van der Waals surface area contributed by atoms with E-state index >= 15 is 0 Å². The fourth-order valence-electron chi connectivity index (χ4n) is 2.30. The molecule has 3 nitrogen and oxygen atoms in total. The molecule has 1 aromatic carbocycles. The molecule has 0 radical (unpaired) electrons. The fraction of sp³-hybridized carbons (Fsp3) is 0.600. The molecule has 1 N–H and O–H groups in total. The van der Waals surface area contributed by atoms with Crippen molar-refractivity contribution in [2.24, 2.45) is 5.92 Å². The molecule has 1 rings (SSSR count). The summed E-state index contributed by atoms with van der Waals surface area (Å²) in [5.74, 6) is 0.872. The van der Waals surface area contributed by atoms with Crippen molar-refractivity contribution in [2.75, 3.05) is 27.4 Å². The monoisotopic (exact) mass is 269 g/mol.